The summed E-state index contributed by atoms with van der Waals surface area (Å²) in [7, 11) is 3.15. The van der Waals surface area contributed by atoms with E-state index in [-0.39, 0.29) is 5.91 Å². The van der Waals surface area contributed by atoms with Crippen molar-refractivity contribution < 1.29 is 14.3 Å². The molecule has 0 saturated heterocycles. The monoisotopic (exact) mass is 355 g/mol. The molecule has 2 unspecified atom stereocenters. The van der Waals surface area contributed by atoms with Gasteiger partial charge < -0.3 is 14.8 Å². The maximum atomic E-state index is 12.4. The van der Waals surface area contributed by atoms with E-state index < -0.39 is 0 Å². The fourth-order valence-electron chi connectivity index (χ4n) is 2.73. The molecule has 0 bridgehead atoms. The lowest BCUT2D eigenvalue weighted by molar-refractivity contribution is 0.0940. The lowest BCUT2D eigenvalue weighted by Gasteiger charge is -2.25. The van der Waals surface area contributed by atoms with Gasteiger partial charge in [-0.15, -0.1) is 0 Å². The van der Waals surface area contributed by atoms with E-state index in [0.717, 1.165) is 6.42 Å². The maximum Gasteiger partial charge on any atom is 0.255 e. The Labute approximate surface area is 134 Å². The van der Waals surface area contributed by atoms with Gasteiger partial charge in [-0.2, -0.15) is 0 Å². The highest BCUT2D eigenvalue weighted by atomic mass is 79.9. The van der Waals surface area contributed by atoms with Gasteiger partial charge in [0.2, 0.25) is 0 Å². The molecule has 2 atom stereocenters. The van der Waals surface area contributed by atoms with E-state index in [1.807, 2.05) is 0 Å². The average Bonchev–Trinajstić information content (AvgIpc) is 2.52. The maximum absolute atomic E-state index is 12.4. The average molecular weight is 356 g/mol. The fraction of sp³-hybridized carbons (Fsp3) is 0.562. The zero-order valence-electron chi connectivity index (χ0n) is 12.5. The molecule has 0 radical (unpaired) electrons. The summed E-state index contributed by atoms with van der Waals surface area (Å²) >= 11 is 3.67. The third-order valence-corrected chi connectivity index (χ3v) is 4.75. The predicted molar refractivity (Wildman–Crippen MR) is 86.6 cm³/mol. The molecule has 1 N–H and O–H groups in total. The van der Waals surface area contributed by atoms with Crippen LogP contribution in [0.1, 0.15) is 36.0 Å². The van der Waals surface area contributed by atoms with Crippen LogP contribution in [0.5, 0.6) is 11.5 Å². The van der Waals surface area contributed by atoms with E-state index in [2.05, 4.69) is 21.2 Å². The Morgan fingerprint density at radius 2 is 2.14 bits per heavy atom. The minimum absolute atomic E-state index is 0.109. The van der Waals surface area contributed by atoms with Crippen molar-refractivity contribution in [2.45, 2.75) is 30.5 Å². The summed E-state index contributed by atoms with van der Waals surface area (Å²) in [4.78, 5) is 12.9. The summed E-state index contributed by atoms with van der Waals surface area (Å²) in [6.07, 6.45) is 4.75. The number of rotatable bonds is 5. The number of halogens is 1. The first kappa shape index (κ1) is 16.1. The van der Waals surface area contributed by atoms with Crippen LogP contribution in [0.15, 0.2) is 18.2 Å². The Kier molecular flexibility index (Phi) is 5.91. The lowest BCUT2D eigenvalue weighted by Crippen LogP contribution is -2.32. The molecule has 1 amide bonds. The molecule has 0 aromatic heterocycles. The van der Waals surface area contributed by atoms with E-state index in [9.17, 15) is 4.79 Å². The van der Waals surface area contributed by atoms with Crippen LogP contribution in [0.4, 0.5) is 0 Å². The van der Waals surface area contributed by atoms with Crippen molar-refractivity contribution in [1.29, 1.82) is 0 Å². The van der Waals surface area contributed by atoms with Crippen LogP contribution in [0.3, 0.4) is 0 Å². The van der Waals surface area contributed by atoms with Crippen LogP contribution in [0, 0.1) is 5.92 Å². The number of hydrogen-bond donors (Lipinski definition) is 1. The zero-order chi connectivity index (χ0) is 15.2. The van der Waals surface area contributed by atoms with E-state index in [1.54, 1.807) is 32.4 Å². The van der Waals surface area contributed by atoms with Crippen molar-refractivity contribution in [3.8, 4) is 11.5 Å². The molecule has 1 aliphatic rings. The van der Waals surface area contributed by atoms with Gasteiger partial charge in [0.05, 0.1) is 19.8 Å². The molecule has 1 saturated carbocycles. The van der Waals surface area contributed by atoms with Crippen LogP contribution in [-0.4, -0.2) is 31.5 Å². The third-order valence-electron chi connectivity index (χ3n) is 3.92. The number of methoxy groups -OCH3 is 2. The summed E-state index contributed by atoms with van der Waals surface area (Å²) in [5.74, 6) is 1.65. The Morgan fingerprint density at radius 1 is 1.33 bits per heavy atom. The Bertz CT molecular complexity index is 492. The van der Waals surface area contributed by atoms with Crippen molar-refractivity contribution >= 4 is 21.8 Å². The predicted octanol–water partition coefficient (Wildman–Crippen LogP) is 3.39. The number of hydrogen-bond acceptors (Lipinski definition) is 3. The van der Waals surface area contributed by atoms with Crippen molar-refractivity contribution in [3.05, 3.63) is 23.8 Å². The molecule has 0 heterocycles. The standard InChI is InChI=1S/C16H22BrNO3/c1-20-13-6-7-15(21-2)14(9-13)16(19)18-10-11-4-3-5-12(17)8-11/h6-7,9,11-12H,3-5,8,10H2,1-2H3,(H,18,19). The minimum Gasteiger partial charge on any atom is -0.497 e. The number of carbonyl (C=O) groups is 1. The van der Waals surface area contributed by atoms with Crippen LogP contribution in [0.25, 0.3) is 0 Å². The number of amides is 1. The molecule has 1 aliphatic carbocycles. The first-order valence-corrected chi connectivity index (χ1v) is 8.20. The first-order valence-electron chi connectivity index (χ1n) is 7.28. The summed E-state index contributed by atoms with van der Waals surface area (Å²) in [5.41, 5.74) is 0.517. The second-order valence-corrected chi connectivity index (χ2v) is 6.70. The zero-order valence-corrected chi connectivity index (χ0v) is 14.1. The van der Waals surface area contributed by atoms with Gasteiger partial charge in [-0.3, -0.25) is 4.79 Å². The SMILES string of the molecule is COc1ccc(OC)c(C(=O)NCC2CCCC(Br)C2)c1. The second-order valence-electron chi connectivity index (χ2n) is 5.41. The van der Waals surface area contributed by atoms with E-state index >= 15 is 0 Å². The molecule has 116 valence electrons. The van der Waals surface area contributed by atoms with Crippen molar-refractivity contribution in [1.82, 2.24) is 5.32 Å². The van der Waals surface area contributed by atoms with Crippen molar-refractivity contribution in [2.75, 3.05) is 20.8 Å². The number of alkyl halides is 1. The molecule has 21 heavy (non-hydrogen) atoms. The molecule has 0 spiro atoms. The van der Waals surface area contributed by atoms with Crippen LogP contribution >= 0.6 is 15.9 Å². The Hall–Kier alpha value is -1.23. The molecule has 4 nitrogen and oxygen atoms in total. The molecule has 5 heteroatoms. The van der Waals surface area contributed by atoms with Crippen LogP contribution in [-0.2, 0) is 0 Å². The Morgan fingerprint density at radius 3 is 2.81 bits per heavy atom. The summed E-state index contributed by atoms with van der Waals surface area (Å²) < 4.78 is 10.4. The van der Waals surface area contributed by atoms with Gasteiger partial charge in [0.25, 0.3) is 5.91 Å². The Balaban J connectivity index is 1.99. The van der Waals surface area contributed by atoms with Gasteiger partial charge >= 0.3 is 0 Å². The smallest absolute Gasteiger partial charge is 0.255 e. The minimum atomic E-state index is -0.109. The van der Waals surface area contributed by atoms with Gasteiger partial charge in [-0.25, -0.2) is 0 Å². The molecular formula is C16H22BrNO3. The van der Waals surface area contributed by atoms with Crippen molar-refractivity contribution in [2.24, 2.45) is 5.92 Å². The number of nitrogens with one attached hydrogen (secondary N) is 1. The normalized spacial score (nSPS) is 21.7. The third kappa shape index (κ3) is 4.37. The van der Waals surface area contributed by atoms with Gasteiger partial charge in [-0.05, 0) is 43.4 Å². The highest BCUT2D eigenvalue weighted by Gasteiger charge is 2.21. The molecule has 1 aromatic rings. The fourth-order valence-corrected chi connectivity index (χ4v) is 3.59. The van der Waals surface area contributed by atoms with Crippen molar-refractivity contribution in [3.63, 3.8) is 0 Å². The van der Waals surface area contributed by atoms with Gasteiger partial charge in [-0.1, -0.05) is 22.4 Å². The quantitative estimate of drug-likeness (QED) is 0.823. The van der Waals surface area contributed by atoms with Gasteiger partial charge in [0.1, 0.15) is 11.5 Å². The second kappa shape index (κ2) is 7.69. The van der Waals surface area contributed by atoms with Gasteiger partial charge in [0, 0.05) is 11.4 Å². The highest BCUT2D eigenvalue weighted by molar-refractivity contribution is 9.09. The number of carbonyl (C=O) groups excluding carboxylic acids is 1. The molecule has 2 rings (SSSR count). The van der Waals surface area contributed by atoms with Gasteiger partial charge in [0.15, 0.2) is 0 Å². The summed E-state index contributed by atoms with van der Waals surface area (Å²) in [6, 6.07) is 5.25. The first-order chi connectivity index (χ1) is 10.1. The molecular weight excluding hydrogens is 334 g/mol. The molecule has 1 aromatic carbocycles. The lowest BCUT2D eigenvalue weighted by atomic mass is 9.89. The van der Waals surface area contributed by atoms with E-state index in [1.165, 1.54) is 19.3 Å². The van der Waals surface area contributed by atoms with E-state index in [4.69, 9.17) is 9.47 Å². The van der Waals surface area contributed by atoms with Crippen LogP contribution in [0.2, 0.25) is 0 Å². The summed E-state index contributed by atoms with van der Waals surface area (Å²) in [6.45, 7) is 0.710. The number of ether oxygens (including phenoxy) is 2. The topological polar surface area (TPSA) is 47.6 Å². The largest absolute Gasteiger partial charge is 0.497 e. The number of benzene rings is 1. The van der Waals surface area contributed by atoms with E-state index in [0.29, 0.717) is 34.4 Å². The highest BCUT2D eigenvalue weighted by Crippen LogP contribution is 2.29. The molecule has 1 fully saturated rings. The summed E-state index contributed by atoms with van der Waals surface area (Å²) in [5, 5.41) is 3.02. The molecule has 0 aliphatic heterocycles. The van der Waals surface area contributed by atoms with Crippen LogP contribution < -0.4 is 14.8 Å².